The van der Waals surface area contributed by atoms with Crippen molar-refractivity contribution in [2.75, 3.05) is 23.4 Å². The second-order valence-electron chi connectivity index (χ2n) is 4.24. The molecule has 0 saturated carbocycles. The number of anilines is 4. The smallest absolute Gasteiger partial charge is 0.449 e. The molecule has 0 saturated heterocycles. The molecule has 5 nitrogen and oxygen atoms in total. The number of benzene rings is 1. The van der Waals surface area contributed by atoms with Crippen molar-refractivity contribution in [3.8, 4) is 0 Å². The van der Waals surface area contributed by atoms with Gasteiger partial charge in [0.15, 0.2) is 0 Å². The van der Waals surface area contributed by atoms with E-state index in [2.05, 4.69) is 27.5 Å². The van der Waals surface area contributed by atoms with Crippen molar-refractivity contribution < 1.29 is 64.6 Å². The number of aromatic nitrogens is 2. The van der Waals surface area contributed by atoms with Crippen LogP contribution in [0.5, 0.6) is 0 Å². The van der Waals surface area contributed by atoms with E-state index in [0.717, 1.165) is 6.20 Å². The first kappa shape index (κ1) is 22.0. The van der Waals surface area contributed by atoms with E-state index in [1.165, 1.54) is 7.05 Å². The fraction of sp³-hybridized carbons (Fsp3) is 0.143. The third-order valence-corrected chi connectivity index (χ3v) is 2.73. The fourth-order valence-corrected chi connectivity index (χ4v) is 1.64. The minimum Gasteiger partial charge on any atom is -0.449 e. The van der Waals surface area contributed by atoms with E-state index < -0.39 is 11.7 Å². The topological polar surface area (TPSA) is 75.9 Å². The Balaban J connectivity index is 0.00000242. The summed E-state index contributed by atoms with van der Waals surface area (Å²) in [5.41, 5.74) is 6.45. The number of halogens is 3. The van der Waals surface area contributed by atoms with Crippen molar-refractivity contribution in [2.45, 2.75) is 6.18 Å². The predicted octanol–water partition coefficient (Wildman–Crippen LogP) is 0.499. The molecular formula is C14H16F3KN5-. The Morgan fingerprint density at radius 3 is 2.43 bits per heavy atom. The Kier molecular flexibility index (Phi) is 8.36. The Bertz CT molecular complexity index is 661. The van der Waals surface area contributed by atoms with Crippen molar-refractivity contribution in [1.82, 2.24) is 9.97 Å². The summed E-state index contributed by atoms with van der Waals surface area (Å²) in [4.78, 5) is 7.46. The molecule has 0 aliphatic rings. The summed E-state index contributed by atoms with van der Waals surface area (Å²) < 4.78 is 38.2. The number of rotatable bonds is 3. The van der Waals surface area contributed by atoms with Crippen LogP contribution < -0.4 is 67.8 Å². The number of nitrogens with zero attached hydrogens (tertiary/aromatic N) is 2. The van der Waals surface area contributed by atoms with Crippen LogP contribution in [0.25, 0.3) is 0 Å². The molecule has 120 valence electrons. The average molecular weight is 350 g/mol. The quantitative estimate of drug-likeness (QED) is 0.427. The van der Waals surface area contributed by atoms with Crippen molar-refractivity contribution in [3.63, 3.8) is 0 Å². The van der Waals surface area contributed by atoms with Gasteiger partial charge in [0.2, 0.25) is 5.95 Å². The van der Waals surface area contributed by atoms with Crippen LogP contribution in [0.15, 0.2) is 24.4 Å². The largest absolute Gasteiger partial charge is 1.00 e. The maximum Gasteiger partial charge on any atom is 1.00 e. The Morgan fingerprint density at radius 2 is 1.91 bits per heavy atom. The minimum atomic E-state index is -4.52. The normalized spacial score (nSPS) is 10.3. The van der Waals surface area contributed by atoms with Gasteiger partial charge >= 0.3 is 57.6 Å². The summed E-state index contributed by atoms with van der Waals surface area (Å²) in [7, 11) is 1.36. The molecule has 23 heavy (non-hydrogen) atoms. The Hall–Kier alpha value is -1.00. The van der Waals surface area contributed by atoms with Gasteiger partial charge in [-0.3, -0.25) is 0 Å². The number of nitrogens with two attached hydrogens (primary N) is 1. The van der Waals surface area contributed by atoms with Crippen LogP contribution in [0.1, 0.15) is 11.1 Å². The first-order valence-electron chi connectivity index (χ1n) is 5.91. The van der Waals surface area contributed by atoms with Crippen LogP contribution in [-0.4, -0.2) is 17.0 Å². The van der Waals surface area contributed by atoms with E-state index in [-0.39, 0.29) is 70.6 Å². The van der Waals surface area contributed by atoms with Gasteiger partial charge < -0.3 is 23.8 Å². The second kappa shape index (κ2) is 8.74. The van der Waals surface area contributed by atoms with Crippen LogP contribution in [0, 0.1) is 14.4 Å². The minimum absolute atomic E-state index is 0. The van der Waals surface area contributed by atoms with Gasteiger partial charge in [-0.05, 0) is 0 Å². The van der Waals surface area contributed by atoms with Crippen molar-refractivity contribution >= 4 is 23.1 Å². The molecule has 0 radical (unpaired) electrons. The van der Waals surface area contributed by atoms with Gasteiger partial charge in [-0.2, -0.15) is 36.7 Å². The summed E-state index contributed by atoms with van der Waals surface area (Å²) in [5.74, 6) is -0.273. The van der Waals surface area contributed by atoms with Crippen LogP contribution in [0.4, 0.5) is 36.3 Å². The molecule has 0 spiro atoms. The molecule has 0 amide bonds. The zero-order valence-electron chi connectivity index (χ0n) is 13.1. The predicted molar refractivity (Wildman–Crippen MR) is 81.6 cm³/mol. The SMILES string of the molecule is [CH2-]c1ccc(Nc2ncc(C(F)(F)F)c(NC)n2)cc1N.[CH3-].[K+]. The summed E-state index contributed by atoms with van der Waals surface area (Å²) >= 11 is 0. The molecular weight excluding hydrogens is 334 g/mol. The summed E-state index contributed by atoms with van der Waals surface area (Å²) in [6.07, 6.45) is -3.79. The monoisotopic (exact) mass is 350 g/mol. The Labute approximate surface area is 175 Å². The van der Waals surface area contributed by atoms with Gasteiger partial charge in [0.1, 0.15) is 11.4 Å². The van der Waals surface area contributed by atoms with Crippen molar-refractivity contribution in [1.29, 1.82) is 0 Å². The molecule has 1 aromatic carbocycles. The summed E-state index contributed by atoms with van der Waals surface area (Å²) in [6, 6.07) is 4.96. The van der Waals surface area contributed by atoms with E-state index in [9.17, 15) is 13.2 Å². The molecule has 4 N–H and O–H groups in total. The molecule has 9 heteroatoms. The maximum absolute atomic E-state index is 12.7. The van der Waals surface area contributed by atoms with Crippen molar-refractivity contribution in [3.05, 3.63) is 49.9 Å². The maximum atomic E-state index is 12.7. The van der Waals surface area contributed by atoms with Gasteiger partial charge in [-0.1, -0.05) is 17.8 Å². The Morgan fingerprint density at radius 1 is 1.26 bits per heavy atom. The van der Waals surface area contributed by atoms with Crippen LogP contribution in [-0.2, 0) is 6.18 Å². The van der Waals surface area contributed by atoms with E-state index >= 15 is 0 Å². The van der Waals surface area contributed by atoms with Crippen LogP contribution in [0.2, 0.25) is 0 Å². The van der Waals surface area contributed by atoms with Crippen LogP contribution in [0.3, 0.4) is 0 Å². The standard InChI is InChI=1S/C13H13F3N5.CH3.K/c1-7-3-4-8(5-10(7)17)20-12-19-6-9(13(14,15)16)11(18-2)21-12;;/h3-6H,1,17H2,2H3,(H2,18,19,20,21);1H3;/q2*-1;+1. The first-order chi connectivity index (χ1) is 9.81. The van der Waals surface area contributed by atoms with Gasteiger partial charge in [-0.15, -0.1) is 0 Å². The zero-order valence-corrected chi connectivity index (χ0v) is 16.2. The second-order valence-corrected chi connectivity index (χ2v) is 4.24. The summed E-state index contributed by atoms with van der Waals surface area (Å²) in [5, 5.41) is 5.19. The van der Waals surface area contributed by atoms with E-state index in [4.69, 9.17) is 5.73 Å². The molecule has 0 unspecified atom stereocenters. The average Bonchev–Trinajstić information content (AvgIpc) is 2.41. The number of nitrogen functional groups attached to an aromatic ring is 1. The van der Waals surface area contributed by atoms with E-state index in [0.29, 0.717) is 16.9 Å². The van der Waals surface area contributed by atoms with Gasteiger partial charge in [0, 0.05) is 18.9 Å². The van der Waals surface area contributed by atoms with Gasteiger partial charge in [0.05, 0.1) is 0 Å². The molecule has 0 aliphatic carbocycles. The fourth-order valence-electron chi connectivity index (χ4n) is 1.64. The zero-order chi connectivity index (χ0) is 15.6. The summed E-state index contributed by atoms with van der Waals surface area (Å²) in [6.45, 7) is 3.72. The van der Waals surface area contributed by atoms with Crippen LogP contribution >= 0.6 is 0 Å². The molecule has 0 fully saturated rings. The van der Waals surface area contributed by atoms with E-state index in [1.807, 2.05) is 0 Å². The molecule has 1 heterocycles. The van der Waals surface area contributed by atoms with Crippen molar-refractivity contribution in [2.24, 2.45) is 0 Å². The number of hydrogen-bond donors (Lipinski definition) is 3. The van der Waals surface area contributed by atoms with Gasteiger partial charge in [0.25, 0.3) is 0 Å². The molecule has 0 bridgehead atoms. The third-order valence-electron chi connectivity index (χ3n) is 2.73. The van der Waals surface area contributed by atoms with E-state index in [1.54, 1.807) is 18.2 Å². The first-order valence-corrected chi connectivity index (χ1v) is 5.91. The molecule has 2 rings (SSSR count). The van der Waals surface area contributed by atoms with Gasteiger partial charge in [-0.25, -0.2) is 4.98 Å². The number of alkyl halides is 3. The number of hydrogen-bond acceptors (Lipinski definition) is 5. The third kappa shape index (κ3) is 5.54. The molecule has 0 atom stereocenters. The molecule has 0 aliphatic heterocycles. The number of nitrogens with one attached hydrogen (secondary N) is 2. The molecule has 2 aromatic rings. The molecule has 1 aromatic heterocycles.